The number of benzene rings is 1. The number of nitrogens with one attached hydrogen (secondary N) is 1. The lowest BCUT2D eigenvalue weighted by atomic mass is 9.98. The van der Waals surface area contributed by atoms with Crippen LogP contribution in [-0.4, -0.2) is 22.1 Å². The second kappa shape index (κ2) is 5.91. The van der Waals surface area contributed by atoms with Crippen molar-refractivity contribution >= 4 is 23.0 Å². The second-order valence-electron chi connectivity index (χ2n) is 5.78. The molecule has 0 spiro atoms. The van der Waals surface area contributed by atoms with Gasteiger partial charge >= 0.3 is 0 Å². The number of aryl methyl sites for hydroxylation is 2. The molecule has 0 aromatic heterocycles. The molecule has 0 unspecified atom stereocenters. The normalized spacial score (nSPS) is 23.3. The van der Waals surface area contributed by atoms with Crippen LogP contribution in [0.5, 0.6) is 0 Å². The molecule has 0 radical (unpaired) electrons. The highest BCUT2D eigenvalue weighted by molar-refractivity contribution is 7.80. The van der Waals surface area contributed by atoms with Gasteiger partial charge in [0, 0.05) is 17.8 Å². The third-order valence-electron chi connectivity index (χ3n) is 4.06. The summed E-state index contributed by atoms with van der Waals surface area (Å²) in [5, 5.41) is 4.31. The van der Waals surface area contributed by atoms with E-state index >= 15 is 0 Å². The second-order valence-corrected chi connectivity index (χ2v) is 6.17. The summed E-state index contributed by atoms with van der Waals surface area (Å²) in [4.78, 5) is 2.36. The van der Waals surface area contributed by atoms with E-state index in [0.717, 1.165) is 10.8 Å². The Labute approximate surface area is 122 Å². The summed E-state index contributed by atoms with van der Waals surface area (Å²) in [5.74, 6) is 0. The van der Waals surface area contributed by atoms with Gasteiger partial charge < -0.3 is 10.2 Å². The monoisotopic (exact) mass is 276 g/mol. The molecular weight excluding hydrogens is 252 g/mol. The molecule has 1 heterocycles. The van der Waals surface area contributed by atoms with Crippen LogP contribution in [0.3, 0.4) is 0 Å². The lowest BCUT2D eigenvalue weighted by Gasteiger charge is -2.41. The van der Waals surface area contributed by atoms with Crippen molar-refractivity contribution in [3.63, 3.8) is 0 Å². The Bertz CT molecular complexity index is 460. The van der Waals surface area contributed by atoms with Crippen molar-refractivity contribution in [2.75, 3.05) is 5.32 Å². The Kier molecular flexibility index (Phi) is 4.46. The van der Waals surface area contributed by atoms with Gasteiger partial charge in [-0.2, -0.15) is 0 Å². The molecule has 2 nitrogen and oxygen atoms in total. The molecule has 0 amide bonds. The van der Waals surface area contributed by atoms with E-state index in [0.29, 0.717) is 12.1 Å². The maximum Gasteiger partial charge on any atom is 0.173 e. The van der Waals surface area contributed by atoms with Crippen molar-refractivity contribution in [1.29, 1.82) is 0 Å². The third kappa shape index (κ3) is 3.27. The molecule has 0 aliphatic carbocycles. The predicted octanol–water partition coefficient (Wildman–Crippen LogP) is 4.26. The Morgan fingerprint density at radius 1 is 1.21 bits per heavy atom. The van der Waals surface area contributed by atoms with Crippen molar-refractivity contribution in [1.82, 2.24) is 4.90 Å². The zero-order valence-electron chi connectivity index (χ0n) is 12.4. The molecule has 0 saturated carbocycles. The number of hydrogen-bond acceptors (Lipinski definition) is 1. The maximum atomic E-state index is 5.63. The maximum absolute atomic E-state index is 5.63. The molecule has 1 aromatic carbocycles. The van der Waals surface area contributed by atoms with Crippen LogP contribution >= 0.6 is 12.2 Å². The van der Waals surface area contributed by atoms with Crippen LogP contribution in [0.1, 0.15) is 44.2 Å². The topological polar surface area (TPSA) is 15.3 Å². The van der Waals surface area contributed by atoms with Gasteiger partial charge in [-0.1, -0.05) is 12.1 Å². The van der Waals surface area contributed by atoms with E-state index < -0.39 is 0 Å². The summed E-state index contributed by atoms with van der Waals surface area (Å²) < 4.78 is 0. The average molecular weight is 276 g/mol. The summed E-state index contributed by atoms with van der Waals surface area (Å²) >= 11 is 5.63. The van der Waals surface area contributed by atoms with Crippen LogP contribution in [0.2, 0.25) is 0 Å². The fourth-order valence-corrected chi connectivity index (χ4v) is 3.34. The van der Waals surface area contributed by atoms with Gasteiger partial charge in [0.15, 0.2) is 5.11 Å². The first kappa shape index (κ1) is 14.3. The fourth-order valence-electron chi connectivity index (χ4n) is 2.87. The molecule has 1 aromatic rings. The highest BCUT2D eigenvalue weighted by Gasteiger charge is 2.26. The molecule has 0 bridgehead atoms. The largest absolute Gasteiger partial charge is 0.344 e. The van der Waals surface area contributed by atoms with Gasteiger partial charge in [0.1, 0.15) is 0 Å². The first-order valence-electron chi connectivity index (χ1n) is 7.15. The van der Waals surface area contributed by atoms with E-state index in [2.05, 4.69) is 56.1 Å². The number of rotatable bonds is 1. The molecule has 2 atom stereocenters. The molecular formula is C16H24N2S. The van der Waals surface area contributed by atoms with Gasteiger partial charge in [0.25, 0.3) is 0 Å². The van der Waals surface area contributed by atoms with Gasteiger partial charge in [-0.25, -0.2) is 0 Å². The number of likely N-dealkylation sites (tertiary alicyclic amines) is 1. The summed E-state index contributed by atoms with van der Waals surface area (Å²) in [7, 11) is 0. The number of hydrogen-bond donors (Lipinski definition) is 1. The van der Waals surface area contributed by atoms with Gasteiger partial charge in [-0.15, -0.1) is 0 Å². The SMILES string of the molecule is Cc1ccc(C)c(NC(=S)N2[C@@H](C)CCC[C@@H]2C)c1. The summed E-state index contributed by atoms with van der Waals surface area (Å²) in [6.07, 6.45) is 3.78. The number of thiocarbonyl (C=S) groups is 1. The van der Waals surface area contributed by atoms with E-state index in [-0.39, 0.29) is 0 Å². The van der Waals surface area contributed by atoms with Crippen LogP contribution in [0.4, 0.5) is 5.69 Å². The minimum atomic E-state index is 0.536. The minimum Gasteiger partial charge on any atom is -0.344 e. The fraction of sp³-hybridized carbons (Fsp3) is 0.562. The summed E-state index contributed by atoms with van der Waals surface area (Å²) in [6.45, 7) is 8.77. The van der Waals surface area contributed by atoms with Crippen LogP contribution < -0.4 is 5.32 Å². The van der Waals surface area contributed by atoms with Crippen LogP contribution in [-0.2, 0) is 0 Å². The highest BCUT2D eigenvalue weighted by Crippen LogP contribution is 2.24. The van der Waals surface area contributed by atoms with Gasteiger partial charge in [0.05, 0.1) is 0 Å². The number of piperidine rings is 1. The molecule has 19 heavy (non-hydrogen) atoms. The summed E-state index contributed by atoms with van der Waals surface area (Å²) in [6, 6.07) is 7.52. The van der Waals surface area contributed by atoms with Gasteiger partial charge in [-0.05, 0) is 76.4 Å². The quantitative estimate of drug-likeness (QED) is 0.771. The molecule has 104 valence electrons. The molecule has 3 heteroatoms. The first-order chi connectivity index (χ1) is 8.99. The van der Waals surface area contributed by atoms with E-state index in [4.69, 9.17) is 12.2 Å². The van der Waals surface area contributed by atoms with Crippen LogP contribution in [0.25, 0.3) is 0 Å². The lowest BCUT2D eigenvalue weighted by molar-refractivity contribution is 0.194. The smallest absolute Gasteiger partial charge is 0.173 e. The Hall–Kier alpha value is -1.09. The number of nitrogens with zero attached hydrogens (tertiary/aromatic N) is 1. The van der Waals surface area contributed by atoms with Crippen LogP contribution in [0.15, 0.2) is 18.2 Å². The molecule has 1 fully saturated rings. The standard InChI is InChI=1S/C16H24N2S/c1-11-8-9-12(2)15(10-11)17-16(19)18-13(3)6-5-7-14(18)4/h8-10,13-14H,5-7H2,1-4H3,(H,17,19)/t13-,14-/m0/s1. The average Bonchev–Trinajstić information content (AvgIpc) is 2.33. The van der Waals surface area contributed by atoms with E-state index in [1.165, 1.54) is 30.4 Å². The zero-order valence-corrected chi connectivity index (χ0v) is 13.2. The molecule has 2 rings (SSSR count). The van der Waals surface area contributed by atoms with Gasteiger partial charge in [0.2, 0.25) is 0 Å². The lowest BCUT2D eigenvalue weighted by Crippen LogP contribution is -2.49. The van der Waals surface area contributed by atoms with Crippen molar-refractivity contribution in [3.05, 3.63) is 29.3 Å². The third-order valence-corrected chi connectivity index (χ3v) is 4.38. The van der Waals surface area contributed by atoms with E-state index in [1.807, 2.05) is 0 Å². The predicted molar refractivity (Wildman–Crippen MR) is 86.8 cm³/mol. The molecule has 1 aliphatic rings. The van der Waals surface area contributed by atoms with Gasteiger partial charge in [-0.3, -0.25) is 0 Å². The zero-order chi connectivity index (χ0) is 14.0. The number of anilines is 1. The van der Waals surface area contributed by atoms with Crippen LogP contribution in [0, 0.1) is 13.8 Å². The highest BCUT2D eigenvalue weighted by atomic mass is 32.1. The Balaban J connectivity index is 2.13. The first-order valence-corrected chi connectivity index (χ1v) is 7.56. The van der Waals surface area contributed by atoms with Crippen molar-refractivity contribution in [2.24, 2.45) is 0 Å². The van der Waals surface area contributed by atoms with Crippen molar-refractivity contribution in [2.45, 2.75) is 59.0 Å². The Morgan fingerprint density at radius 2 is 1.84 bits per heavy atom. The minimum absolute atomic E-state index is 0.536. The summed E-state index contributed by atoms with van der Waals surface area (Å²) in [5.41, 5.74) is 3.64. The molecule has 1 saturated heterocycles. The molecule has 1 aliphatic heterocycles. The van der Waals surface area contributed by atoms with E-state index in [9.17, 15) is 0 Å². The Morgan fingerprint density at radius 3 is 2.47 bits per heavy atom. The van der Waals surface area contributed by atoms with E-state index in [1.54, 1.807) is 0 Å². The van der Waals surface area contributed by atoms with Crippen molar-refractivity contribution < 1.29 is 0 Å². The molecule has 1 N–H and O–H groups in total. The van der Waals surface area contributed by atoms with Crippen molar-refractivity contribution in [3.8, 4) is 0 Å².